The van der Waals surface area contributed by atoms with Crippen molar-refractivity contribution in [1.82, 2.24) is 15.3 Å². The summed E-state index contributed by atoms with van der Waals surface area (Å²) in [5.74, 6) is 1.76. The van der Waals surface area contributed by atoms with Crippen LogP contribution >= 0.6 is 0 Å². The van der Waals surface area contributed by atoms with E-state index in [1.54, 1.807) is 0 Å². The molecule has 1 heterocycles. The van der Waals surface area contributed by atoms with Crippen molar-refractivity contribution in [2.45, 2.75) is 63.5 Å². The molecule has 2 saturated carbocycles. The lowest BCUT2D eigenvalue weighted by molar-refractivity contribution is -0.123. The quantitative estimate of drug-likeness (QED) is 0.515. The number of hydrogen-bond acceptors (Lipinski definition) is 5. The highest BCUT2D eigenvalue weighted by Crippen LogP contribution is 2.57. The van der Waals surface area contributed by atoms with E-state index in [-0.39, 0.29) is 17.9 Å². The number of rotatable bonds is 7. The highest BCUT2D eigenvalue weighted by atomic mass is 16.1. The molecule has 2 atom stereocenters. The molecule has 0 radical (unpaired) electrons. The zero-order valence-corrected chi connectivity index (χ0v) is 20.4. The third kappa shape index (κ3) is 4.46. The number of amides is 1. The average molecular weight is 458 g/mol. The summed E-state index contributed by atoms with van der Waals surface area (Å²) in [6, 6.07) is 19.0. The van der Waals surface area contributed by atoms with Gasteiger partial charge in [0.15, 0.2) is 0 Å². The zero-order chi connectivity index (χ0) is 23.7. The predicted molar refractivity (Wildman–Crippen MR) is 138 cm³/mol. The van der Waals surface area contributed by atoms with E-state index in [1.807, 2.05) is 55.4 Å². The second-order valence-corrected chi connectivity index (χ2v) is 10.2. The van der Waals surface area contributed by atoms with E-state index >= 15 is 0 Å². The number of para-hydroxylation sites is 1. The normalized spacial score (nSPS) is 24.6. The fraction of sp³-hybridized carbons (Fsp3) is 0.464. The lowest BCUT2D eigenvalue weighted by Crippen LogP contribution is -2.41. The maximum atomic E-state index is 13.0. The van der Waals surface area contributed by atoms with Gasteiger partial charge in [0, 0.05) is 31.6 Å². The molecule has 6 nitrogen and oxygen atoms in total. The third-order valence-electron chi connectivity index (χ3n) is 7.75. The van der Waals surface area contributed by atoms with Crippen LogP contribution in [-0.4, -0.2) is 42.1 Å². The Balaban J connectivity index is 1.19. The Bertz CT molecular complexity index is 1150. The van der Waals surface area contributed by atoms with Gasteiger partial charge in [0.25, 0.3) is 0 Å². The van der Waals surface area contributed by atoms with Crippen molar-refractivity contribution in [3.63, 3.8) is 0 Å². The molecule has 2 N–H and O–H groups in total. The maximum Gasteiger partial charge on any atom is 0.227 e. The van der Waals surface area contributed by atoms with Crippen molar-refractivity contribution < 1.29 is 4.79 Å². The minimum atomic E-state index is -0.0663. The smallest absolute Gasteiger partial charge is 0.227 e. The first kappa shape index (κ1) is 22.6. The molecule has 1 amide bonds. The number of anilines is 2. The Morgan fingerprint density at radius 2 is 1.76 bits per heavy atom. The summed E-state index contributed by atoms with van der Waals surface area (Å²) in [7, 11) is 4.04. The van der Waals surface area contributed by atoms with Crippen molar-refractivity contribution in [1.29, 1.82) is 0 Å². The lowest BCUT2D eigenvalue weighted by atomic mass is 9.82. The van der Waals surface area contributed by atoms with Crippen LogP contribution in [-0.2, 0) is 4.79 Å². The van der Waals surface area contributed by atoms with Crippen LogP contribution in [0.3, 0.4) is 0 Å². The molecule has 34 heavy (non-hydrogen) atoms. The molecule has 3 aromatic rings. The van der Waals surface area contributed by atoms with E-state index in [0.29, 0.717) is 17.4 Å². The number of carbonyl (C=O) groups excluding carboxylic acids is 1. The van der Waals surface area contributed by atoms with Gasteiger partial charge in [0.1, 0.15) is 5.82 Å². The number of benzene rings is 2. The van der Waals surface area contributed by atoms with Gasteiger partial charge in [-0.15, -0.1) is 0 Å². The molecule has 2 unspecified atom stereocenters. The average Bonchev–Trinajstić information content (AvgIpc) is 3.51. The van der Waals surface area contributed by atoms with Gasteiger partial charge in [0.2, 0.25) is 11.9 Å². The lowest BCUT2D eigenvalue weighted by Gasteiger charge is -2.31. The molecule has 0 aliphatic heterocycles. The number of nitrogens with one attached hydrogen (secondary N) is 2. The van der Waals surface area contributed by atoms with E-state index in [1.165, 1.54) is 0 Å². The van der Waals surface area contributed by atoms with Crippen molar-refractivity contribution in [3.8, 4) is 0 Å². The molecule has 2 aromatic carbocycles. The van der Waals surface area contributed by atoms with Gasteiger partial charge in [-0.1, -0.05) is 49.4 Å². The first-order valence-electron chi connectivity index (χ1n) is 12.5. The largest absolute Gasteiger partial charge is 0.362 e. The van der Waals surface area contributed by atoms with E-state index < -0.39 is 0 Å². The predicted octanol–water partition coefficient (Wildman–Crippen LogP) is 5.12. The van der Waals surface area contributed by atoms with Crippen LogP contribution in [0.4, 0.5) is 11.8 Å². The molecule has 178 valence electrons. The molecule has 0 saturated heterocycles. The second kappa shape index (κ2) is 9.24. The summed E-state index contributed by atoms with van der Waals surface area (Å²) in [6.07, 6.45) is 6.31. The molecular weight excluding hydrogens is 422 g/mol. The van der Waals surface area contributed by atoms with Crippen LogP contribution in [0.1, 0.15) is 56.9 Å². The number of fused-ring (bicyclic) bond motifs is 1. The summed E-state index contributed by atoms with van der Waals surface area (Å²) in [6.45, 7) is 2.09. The van der Waals surface area contributed by atoms with Gasteiger partial charge < -0.3 is 15.5 Å². The number of carbonyl (C=O) groups is 1. The highest BCUT2D eigenvalue weighted by molar-refractivity contribution is 5.90. The van der Waals surface area contributed by atoms with E-state index in [0.717, 1.165) is 60.8 Å². The van der Waals surface area contributed by atoms with Gasteiger partial charge in [-0.05, 0) is 61.6 Å². The minimum Gasteiger partial charge on any atom is -0.362 e. The fourth-order valence-corrected chi connectivity index (χ4v) is 5.62. The van der Waals surface area contributed by atoms with E-state index in [9.17, 15) is 4.79 Å². The van der Waals surface area contributed by atoms with E-state index in [2.05, 4.69) is 35.8 Å². The van der Waals surface area contributed by atoms with Crippen LogP contribution < -0.4 is 15.5 Å². The third-order valence-corrected chi connectivity index (χ3v) is 7.75. The van der Waals surface area contributed by atoms with Crippen LogP contribution in [0, 0.1) is 5.41 Å². The molecule has 1 spiro atoms. The number of nitrogens with zero attached hydrogens (tertiary/aromatic N) is 3. The molecule has 2 fully saturated rings. The van der Waals surface area contributed by atoms with Crippen LogP contribution in [0.2, 0.25) is 0 Å². The summed E-state index contributed by atoms with van der Waals surface area (Å²) >= 11 is 0. The number of hydrogen-bond donors (Lipinski definition) is 2. The molecule has 2 aliphatic carbocycles. The molecular formula is C28H35N5O. The van der Waals surface area contributed by atoms with E-state index in [4.69, 9.17) is 9.97 Å². The summed E-state index contributed by atoms with van der Waals surface area (Å²) in [4.78, 5) is 24.6. The van der Waals surface area contributed by atoms with Gasteiger partial charge in [-0.25, -0.2) is 4.98 Å². The Labute approximate surface area is 202 Å². The van der Waals surface area contributed by atoms with Crippen molar-refractivity contribution in [2.24, 2.45) is 5.41 Å². The van der Waals surface area contributed by atoms with Crippen LogP contribution in [0.5, 0.6) is 0 Å². The van der Waals surface area contributed by atoms with Crippen LogP contribution in [0.15, 0.2) is 54.6 Å². The standard InChI is InChI=1S/C28H35N5O/c1-4-21(19-10-6-5-7-11-19)26(34)29-20-14-16-28(17-15-20)18-24(28)31-27-30-23-13-9-8-12-22(23)25(32-27)33(2)3/h5-13,20-21,24H,4,14-18H2,1-3H3,(H,29,34)(H,30,31,32). The summed E-state index contributed by atoms with van der Waals surface area (Å²) in [5.41, 5.74) is 2.39. The highest BCUT2D eigenvalue weighted by Gasteiger charge is 2.55. The van der Waals surface area contributed by atoms with Gasteiger partial charge >= 0.3 is 0 Å². The van der Waals surface area contributed by atoms with Gasteiger partial charge in [-0.2, -0.15) is 4.98 Å². The van der Waals surface area contributed by atoms with Gasteiger partial charge in [0.05, 0.1) is 11.4 Å². The monoisotopic (exact) mass is 457 g/mol. The topological polar surface area (TPSA) is 70.2 Å². The fourth-order valence-electron chi connectivity index (χ4n) is 5.62. The summed E-state index contributed by atoms with van der Waals surface area (Å²) in [5, 5.41) is 8.05. The van der Waals surface area contributed by atoms with Gasteiger partial charge in [-0.3, -0.25) is 4.79 Å². The molecule has 1 aromatic heterocycles. The molecule has 0 bridgehead atoms. The maximum absolute atomic E-state index is 13.0. The summed E-state index contributed by atoms with van der Waals surface area (Å²) < 4.78 is 0. The Hall–Kier alpha value is -3.15. The Morgan fingerprint density at radius 1 is 1.06 bits per heavy atom. The van der Waals surface area contributed by atoms with Crippen molar-refractivity contribution in [3.05, 3.63) is 60.2 Å². The Morgan fingerprint density at radius 3 is 2.47 bits per heavy atom. The van der Waals surface area contributed by atoms with Crippen LogP contribution in [0.25, 0.3) is 10.9 Å². The number of aromatic nitrogens is 2. The Kier molecular flexibility index (Phi) is 6.15. The van der Waals surface area contributed by atoms with Crippen molar-refractivity contribution in [2.75, 3.05) is 24.3 Å². The second-order valence-electron chi connectivity index (χ2n) is 10.2. The molecule has 6 heteroatoms. The SMILES string of the molecule is CCC(C(=O)NC1CCC2(CC1)CC2Nc1nc(N(C)C)c2ccccc2n1)c1ccccc1. The zero-order valence-electron chi connectivity index (χ0n) is 20.4. The minimum absolute atomic E-state index is 0.0663. The first-order valence-corrected chi connectivity index (χ1v) is 12.5. The van der Waals surface area contributed by atoms with Crippen molar-refractivity contribution >= 4 is 28.6 Å². The molecule has 2 aliphatic rings. The first-order chi connectivity index (χ1) is 16.5. The molecule has 5 rings (SSSR count).